The Hall–Kier alpha value is -1.10. The molecule has 0 N–H and O–H groups in total. The summed E-state index contributed by atoms with van der Waals surface area (Å²) in [5.41, 5.74) is 1.31. The van der Waals surface area contributed by atoms with Gasteiger partial charge in [0.25, 0.3) is 0 Å². The highest BCUT2D eigenvalue weighted by Gasteiger charge is 2.40. The zero-order valence-electron chi connectivity index (χ0n) is 22.8. The molecule has 3 nitrogen and oxygen atoms in total. The fourth-order valence-electron chi connectivity index (χ4n) is 3.69. The normalized spacial score (nSPS) is 15.3. The second-order valence-electron chi connectivity index (χ2n) is 12.6. The van der Waals surface area contributed by atoms with E-state index in [0.717, 1.165) is 25.0 Å². The lowest BCUT2D eigenvalue weighted by molar-refractivity contribution is -0.0573. The summed E-state index contributed by atoms with van der Waals surface area (Å²) in [5.74, 6) is 0.872. The van der Waals surface area contributed by atoms with Crippen molar-refractivity contribution in [3.05, 3.63) is 42.5 Å². The number of benzene rings is 1. The maximum atomic E-state index is 6.81. The second-order valence-corrected chi connectivity index (χ2v) is 17.4. The average Bonchev–Trinajstić information content (AvgIpc) is 2.63. The van der Waals surface area contributed by atoms with Crippen LogP contribution in [-0.4, -0.2) is 27.6 Å². The first kappa shape index (κ1) is 28.9. The van der Waals surface area contributed by atoms with Crippen LogP contribution >= 0.6 is 0 Å². The molecule has 0 heterocycles. The average molecular weight is 463 g/mol. The van der Waals surface area contributed by atoms with E-state index >= 15 is 0 Å². The summed E-state index contributed by atoms with van der Waals surface area (Å²) in [6, 6.07) is 8.15. The molecule has 0 aromatic heterocycles. The Bertz CT molecular complexity index is 693. The van der Waals surface area contributed by atoms with Crippen LogP contribution in [0.3, 0.4) is 0 Å². The van der Waals surface area contributed by atoms with Gasteiger partial charge < -0.3 is 13.9 Å². The third-order valence-electron chi connectivity index (χ3n) is 6.79. The summed E-state index contributed by atoms with van der Waals surface area (Å²) in [6.45, 7) is 27.7. The van der Waals surface area contributed by atoms with Gasteiger partial charge >= 0.3 is 0 Å². The molecule has 0 aliphatic heterocycles. The lowest BCUT2D eigenvalue weighted by atomic mass is 9.74. The fraction of sp³-hybridized carbons (Fsp3) is 0.714. The fourth-order valence-corrected chi connectivity index (χ4v) is 5.05. The predicted molar refractivity (Wildman–Crippen MR) is 141 cm³/mol. The molecule has 0 radical (unpaired) electrons. The Morgan fingerprint density at radius 2 is 1.50 bits per heavy atom. The van der Waals surface area contributed by atoms with E-state index in [-0.39, 0.29) is 28.1 Å². The minimum Gasteiger partial charge on any atom is -0.497 e. The van der Waals surface area contributed by atoms with E-state index in [1.165, 1.54) is 5.56 Å². The van der Waals surface area contributed by atoms with Crippen molar-refractivity contribution in [3.63, 3.8) is 0 Å². The third kappa shape index (κ3) is 9.41. The molecule has 0 fully saturated rings. The zero-order chi connectivity index (χ0) is 24.8. The molecule has 1 aromatic carbocycles. The van der Waals surface area contributed by atoms with Gasteiger partial charge in [0.15, 0.2) is 8.32 Å². The van der Waals surface area contributed by atoms with E-state index in [0.29, 0.717) is 6.61 Å². The van der Waals surface area contributed by atoms with Crippen LogP contribution in [0.1, 0.15) is 80.2 Å². The van der Waals surface area contributed by atoms with Gasteiger partial charge in [-0.3, -0.25) is 0 Å². The molecule has 184 valence electrons. The van der Waals surface area contributed by atoms with Crippen molar-refractivity contribution < 1.29 is 13.9 Å². The van der Waals surface area contributed by atoms with Crippen molar-refractivity contribution in [1.82, 2.24) is 0 Å². The van der Waals surface area contributed by atoms with Crippen LogP contribution in [0.2, 0.25) is 18.1 Å². The van der Waals surface area contributed by atoms with Crippen LogP contribution < -0.4 is 4.74 Å². The monoisotopic (exact) mass is 462 g/mol. The minimum atomic E-state index is -1.84. The Labute approximate surface area is 200 Å². The molecule has 2 atom stereocenters. The molecule has 2 unspecified atom stereocenters. The SMILES string of the molecule is C=CCC(CC(C)(C)CC(OCc1ccc(OC)cc1)C(C)(C)C)O[Si](C)(C)C(C)(C)C. The molecule has 0 spiro atoms. The van der Waals surface area contributed by atoms with Crippen molar-refractivity contribution in [2.45, 2.75) is 112 Å². The molecule has 32 heavy (non-hydrogen) atoms. The highest BCUT2D eigenvalue weighted by atomic mass is 28.4. The molecule has 0 aliphatic rings. The van der Waals surface area contributed by atoms with Gasteiger partial charge in [-0.15, -0.1) is 6.58 Å². The predicted octanol–water partition coefficient (Wildman–Crippen LogP) is 8.40. The van der Waals surface area contributed by atoms with Gasteiger partial charge in [0.1, 0.15) is 5.75 Å². The number of ether oxygens (including phenoxy) is 2. The molecular formula is C28H50O3Si. The van der Waals surface area contributed by atoms with Gasteiger partial charge in [-0.05, 0) is 65.9 Å². The highest BCUT2D eigenvalue weighted by Crippen LogP contribution is 2.41. The van der Waals surface area contributed by atoms with Crippen molar-refractivity contribution >= 4 is 8.32 Å². The number of hydrogen-bond donors (Lipinski definition) is 0. The molecule has 0 saturated heterocycles. The summed E-state index contributed by atoms with van der Waals surface area (Å²) in [7, 11) is -0.146. The molecule has 1 aromatic rings. The van der Waals surface area contributed by atoms with Gasteiger partial charge in [0, 0.05) is 6.10 Å². The molecule has 1 rings (SSSR count). The Kier molecular flexibility index (Phi) is 10.3. The summed E-state index contributed by atoms with van der Waals surface area (Å²) in [4.78, 5) is 0. The Balaban J connectivity index is 2.90. The highest BCUT2D eigenvalue weighted by molar-refractivity contribution is 6.74. The quantitative estimate of drug-likeness (QED) is 0.230. The third-order valence-corrected chi connectivity index (χ3v) is 11.3. The maximum absolute atomic E-state index is 6.81. The first-order valence-corrected chi connectivity index (χ1v) is 14.9. The lowest BCUT2D eigenvalue weighted by Gasteiger charge is -2.42. The summed E-state index contributed by atoms with van der Waals surface area (Å²) < 4.78 is 18.6. The smallest absolute Gasteiger partial charge is 0.192 e. The first-order valence-electron chi connectivity index (χ1n) is 12.0. The van der Waals surface area contributed by atoms with Crippen molar-refractivity contribution in [2.75, 3.05) is 7.11 Å². The topological polar surface area (TPSA) is 27.7 Å². The Morgan fingerprint density at radius 1 is 0.938 bits per heavy atom. The van der Waals surface area contributed by atoms with Crippen molar-refractivity contribution in [2.24, 2.45) is 10.8 Å². The number of methoxy groups -OCH3 is 1. The summed E-state index contributed by atoms with van der Waals surface area (Å²) in [6.07, 6.45) is 5.24. The second kappa shape index (κ2) is 11.4. The minimum absolute atomic E-state index is 0.0535. The molecule has 0 bridgehead atoms. The van der Waals surface area contributed by atoms with Crippen LogP contribution in [0.4, 0.5) is 0 Å². The van der Waals surface area contributed by atoms with Crippen LogP contribution in [0, 0.1) is 10.8 Å². The van der Waals surface area contributed by atoms with Gasteiger partial charge in [0.2, 0.25) is 0 Å². The van der Waals surface area contributed by atoms with Gasteiger partial charge in [-0.25, -0.2) is 0 Å². The Morgan fingerprint density at radius 3 is 1.94 bits per heavy atom. The molecule has 0 aliphatic carbocycles. The van der Waals surface area contributed by atoms with E-state index in [2.05, 4.69) is 87.2 Å². The van der Waals surface area contributed by atoms with E-state index in [1.54, 1.807) is 7.11 Å². The first-order chi connectivity index (χ1) is 14.5. The van der Waals surface area contributed by atoms with E-state index < -0.39 is 8.32 Å². The molecular weight excluding hydrogens is 412 g/mol. The van der Waals surface area contributed by atoms with Gasteiger partial charge in [-0.1, -0.05) is 73.6 Å². The molecule has 0 amide bonds. The van der Waals surface area contributed by atoms with E-state index in [9.17, 15) is 0 Å². The molecule has 4 heteroatoms. The number of rotatable bonds is 12. The number of hydrogen-bond acceptors (Lipinski definition) is 3. The van der Waals surface area contributed by atoms with Crippen molar-refractivity contribution in [1.29, 1.82) is 0 Å². The van der Waals surface area contributed by atoms with Crippen LogP contribution in [0.5, 0.6) is 5.75 Å². The summed E-state index contributed by atoms with van der Waals surface area (Å²) in [5, 5.41) is 0.200. The lowest BCUT2D eigenvalue weighted by Crippen LogP contribution is -2.45. The van der Waals surface area contributed by atoms with E-state index in [1.807, 2.05) is 18.2 Å². The van der Waals surface area contributed by atoms with Crippen LogP contribution in [0.25, 0.3) is 0 Å². The van der Waals surface area contributed by atoms with Gasteiger partial charge in [0.05, 0.1) is 19.8 Å². The maximum Gasteiger partial charge on any atom is 0.192 e. The van der Waals surface area contributed by atoms with E-state index in [4.69, 9.17) is 13.9 Å². The zero-order valence-corrected chi connectivity index (χ0v) is 23.8. The largest absolute Gasteiger partial charge is 0.497 e. The van der Waals surface area contributed by atoms with Gasteiger partial charge in [-0.2, -0.15) is 0 Å². The van der Waals surface area contributed by atoms with Crippen LogP contribution in [0.15, 0.2) is 36.9 Å². The molecule has 0 saturated carbocycles. The van der Waals surface area contributed by atoms with Crippen molar-refractivity contribution in [3.8, 4) is 5.75 Å². The standard InChI is InChI=1S/C28H50O3Si/c1-13-14-24(31-32(11,12)27(5,6)7)19-28(8,9)20-25(26(2,3)4)30-21-22-15-17-23(29-10)18-16-22/h13,15-18,24-25H,1,14,19-21H2,2-12H3. The van der Waals surface area contributed by atoms with Crippen LogP contribution in [-0.2, 0) is 15.8 Å². The summed E-state index contributed by atoms with van der Waals surface area (Å²) >= 11 is 0.